The van der Waals surface area contributed by atoms with Gasteiger partial charge in [-0.3, -0.25) is 5.32 Å². The Kier molecular flexibility index (Phi) is 3.27. The van der Waals surface area contributed by atoms with E-state index in [1.807, 2.05) is 0 Å². The number of rotatable bonds is 3. The average molecular weight is 186 g/mol. The summed E-state index contributed by atoms with van der Waals surface area (Å²) in [6.45, 7) is 1.48. The van der Waals surface area contributed by atoms with Gasteiger partial charge < -0.3 is 14.4 Å². The number of hydrogen-bond donors (Lipinski definition) is 2. The highest BCUT2D eigenvalue weighted by atomic mass is 16.6. The number of anilines is 1. The van der Waals surface area contributed by atoms with Crippen LogP contribution in [0.5, 0.6) is 0 Å². The highest BCUT2D eigenvalue weighted by Crippen LogP contribution is 2.07. The molecule has 1 rings (SSSR count). The molecule has 0 saturated heterocycles. The predicted molar refractivity (Wildman–Crippen MR) is 43.3 cm³/mol. The van der Waals surface area contributed by atoms with Gasteiger partial charge in [-0.15, -0.1) is 0 Å². The molecule has 1 aromatic rings. The number of aromatic nitrogens is 1. The fraction of sp³-hybridized carbons (Fsp3) is 0.429. The Labute approximate surface area is 74.5 Å². The first kappa shape index (κ1) is 9.53. The first-order valence-corrected chi connectivity index (χ1v) is 3.70. The molecule has 1 heterocycles. The number of nitrogens with one attached hydrogen (secondary N) is 1. The highest BCUT2D eigenvalue weighted by molar-refractivity contribution is 5.82. The van der Waals surface area contributed by atoms with Gasteiger partial charge in [0.15, 0.2) is 0 Å². The van der Waals surface area contributed by atoms with Gasteiger partial charge in [-0.2, -0.15) is 0 Å². The number of nitrogens with zero attached hydrogens (tertiary/aromatic N) is 1. The Morgan fingerprint density at radius 3 is 3.15 bits per heavy atom. The van der Waals surface area contributed by atoms with Crippen molar-refractivity contribution in [2.75, 3.05) is 18.5 Å². The monoisotopic (exact) mass is 186 g/mol. The molecule has 0 aliphatic heterocycles. The van der Waals surface area contributed by atoms with E-state index in [0.29, 0.717) is 5.69 Å². The number of aliphatic hydroxyl groups excluding tert-OH is 1. The summed E-state index contributed by atoms with van der Waals surface area (Å²) in [7, 11) is 0. The number of carbonyl (C=O) groups excluding carboxylic acids is 1. The van der Waals surface area contributed by atoms with Crippen LogP contribution >= 0.6 is 0 Å². The maximum atomic E-state index is 10.8. The summed E-state index contributed by atoms with van der Waals surface area (Å²) < 4.78 is 9.21. The topological polar surface area (TPSA) is 84.6 Å². The van der Waals surface area contributed by atoms with Crippen molar-refractivity contribution in [3.63, 3.8) is 0 Å². The number of aliphatic hydroxyl groups is 1. The van der Waals surface area contributed by atoms with Crippen LogP contribution in [0.25, 0.3) is 0 Å². The van der Waals surface area contributed by atoms with Crippen molar-refractivity contribution in [1.29, 1.82) is 0 Å². The zero-order valence-electron chi connectivity index (χ0n) is 7.11. The van der Waals surface area contributed by atoms with Gasteiger partial charge in [-0.05, 0) is 6.92 Å². The van der Waals surface area contributed by atoms with Crippen molar-refractivity contribution < 1.29 is 19.2 Å². The Morgan fingerprint density at radius 2 is 2.62 bits per heavy atom. The van der Waals surface area contributed by atoms with Crippen LogP contribution in [0.4, 0.5) is 10.7 Å². The van der Waals surface area contributed by atoms with Gasteiger partial charge in [-0.1, -0.05) is 5.16 Å². The van der Waals surface area contributed by atoms with E-state index in [-0.39, 0.29) is 19.1 Å². The number of aryl methyl sites for hydroxylation is 1. The molecular formula is C7H10N2O4. The largest absolute Gasteiger partial charge is 0.447 e. The van der Waals surface area contributed by atoms with Crippen LogP contribution in [0, 0.1) is 6.92 Å². The summed E-state index contributed by atoms with van der Waals surface area (Å²) in [5, 5.41) is 14.2. The molecule has 0 aliphatic carbocycles. The average Bonchev–Trinajstić information content (AvgIpc) is 2.48. The third-order valence-corrected chi connectivity index (χ3v) is 1.18. The molecule has 0 bridgehead atoms. The first-order chi connectivity index (χ1) is 6.22. The molecule has 6 nitrogen and oxygen atoms in total. The van der Waals surface area contributed by atoms with Gasteiger partial charge in [0.2, 0.25) is 5.88 Å². The van der Waals surface area contributed by atoms with E-state index in [2.05, 4.69) is 15.2 Å². The Morgan fingerprint density at radius 1 is 1.85 bits per heavy atom. The molecule has 0 radical (unpaired) electrons. The maximum Gasteiger partial charge on any atom is 0.414 e. The maximum absolute atomic E-state index is 10.8. The predicted octanol–water partition coefficient (Wildman–Crippen LogP) is 0.524. The lowest BCUT2D eigenvalue weighted by molar-refractivity contribution is 0.130. The third-order valence-electron chi connectivity index (χ3n) is 1.18. The third kappa shape index (κ3) is 3.12. The molecule has 0 atom stereocenters. The van der Waals surface area contributed by atoms with Gasteiger partial charge in [0, 0.05) is 6.07 Å². The lowest BCUT2D eigenvalue weighted by atomic mass is 10.5. The van der Waals surface area contributed by atoms with E-state index in [1.165, 1.54) is 0 Å². The molecule has 72 valence electrons. The summed E-state index contributed by atoms with van der Waals surface area (Å²) in [6.07, 6.45) is -0.676. The van der Waals surface area contributed by atoms with Crippen molar-refractivity contribution in [3.05, 3.63) is 11.8 Å². The molecular weight excluding hydrogens is 176 g/mol. The Balaban J connectivity index is 2.36. The summed E-state index contributed by atoms with van der Waals surface area (Å²) in [5.74, 6) is 0.223. The summed E-state index contributed by atoms with van der Waals surface area (Å²) in [4.78, 5) is 10.8. The molecule has 0 aliphatic rings. The van der Waals surface area contributed by atoms with Crippen molar-refractivity contribution >= 4 is 12.0 Å². The summed E-state index contributed by atoms with van der Waals surface area (Å²) in [6, 6.07) is 1.56. The Hall–Kier alpha value is -1.56. The van der Waals surface area contributed by atoms with E-state index in [4.69, 9.17) is 9.63 Å². The zero-order valence-corrected chi connectivity index (χ0v) is 7.11. The fourth-order valence-corrected chi connectivity index (χ4v) is 0.698. The number of ether oxygens (including phenoxy) is 1. The summed E-state index contributed by atoms with van der Waals surface area (Å²) >= 11 is 0. The second-order valence-electron chi connectivity index (χ2n) is 2.32. The van der Waals surface area contributed by atoms with Crippen molar-refractivity contribution in [2.45, 2.75) is 6.92 Å². The highest BCUT2D eigenvalue weighted by Gasteiger charge is 2.06. The van der Waals surface area contributed by atoms with Crippen LogP contribution in [0.3, 0.4) is 0 Å². The molecule has 0 fully saturated rings. The van der Waals surface area contributed by atoms with E-state index in [0.717, 1.165) is 0 Å². The molecule has 0 unspecified atom stereocenters. The number of hydrogen-bond acceptors (Lipinski definition) is 5. The van der Waals surface area contributed by atoms with Crippen molar-refractivity contribution in [2.24, 2.45) is 0 Å². The van der Waals surface area contributed by atoms with Crippen LogP contribution in [0.15, 0.2) is 10.6 Å². The normalized spacial score (nSPS) is 9.69. The van der Waals surface area contributed by atoms with E-state index < -0.39 is 6.09 Å². The van der Waals surface area contributed by atoms with Crippen LogP contribution in [-0.4, -0.2) is 29.6 Å². The van der Waals surface area contributed by atoms with Gasteiger partial charge >= 0.3 is 6.09 Å². The van der Waals surface area contributed by atoms with Crippen LogP contribution < -0.4 is 5.32 Å². The van der Waals surface area contributed by atoms with Crippen molar-refractivity contribution in [3.8, 4) is 0 Å². The lowest BCUT2D eigenvalue weighted by Gasteiger charge is -2.00. The van der Waals surface area contributed by atoms with Gasteiger partial charge in [0.25, 0.3) is 0 Å². The Bertz CT molecular complexity index is 284. The van der Waals surface area contributed by atoms with Gasteiger partial charge in [0.05, 0.1) is 12.3 Å². The quantitative estimate of drug-likeness (QED) is 0.719. The minimum atomic E-state index is -0.676. The number of carbonyl (C=O) groups is 1. The molecule has 6 heteroatoms. The van der Waals surface area contributed by atoms with Gasteiger partial charge in [0.1, 0.15) is 6.61 Å². The van der Waals surface area contributed by atoms with Crippen LogP contribution in [0.1, 0.15) is 5.69 Å². The molecule has 1 amide bonds. The van der Waals surface area contributed by atoms with Crippen molar-refractivity contribution in [1.82, 2.24) is 5.16 Å². The smallest absolute Gasteiger partial charge is 0.414 e. The zero-order chi connectivity index (χ0) is 9.68. The molecule has 1 aromatic heterocycles. The van der Waals surface area contributed by atoms with E-state index >= 15 is 0 Å². The minimum Gasteiger partial charge on any atom is -0.447 e. The van der Waals surface area contributed by atoms with Crippen LogP contribution in [-0.2, 0) is 4.74 Å². The second kappa shape index (κ2) is 4.46. The standard InChI is InChI=1S/C7H10N2O4/c1-5-4-6(13-9-5)8-7(11)12-3-2-10/h4,10H,2-3H2,1H3,(H,8,11). The summed E-state index contributed by atoms with van der Waals surface area (Å²) in [5.41, 5.74) is 0.664. The second-order valence-corrected chi connectivity index (χ2v) is 2.32. The number of amides is 1. The minimum absolute atomic E-state index is 0.0427. The first-order valence-electron chi connectivity index (χ1n) is 3.70. The molecule has 0 aromatic carbocycles. The molecule has 0 spiro atoms. The molecule has 0 saturated carbocycles. The van der Waals surface area contributed by atoms with E-state index in [9.17, 15) is 4.79 Å². The van der Waals surface area contributed by atoms with Crippen LogP contribution in [0.2, 0.25) is 0 Å². The van der Waals surface area contributed by atoms with Gasteiger partial charge in [-0.25, -0.2) is 4.79 Å². The molecule has 2 N–H and O–H groups in total. The molecule has 13 heavy (non-hydrogen) atoms. The lowest BCUT2D eigenvalue weighted by Crippen LogP contribution is -2.15. The van der Waals surface area contributed by atoms with E-state index in [1.54, 1.807) is 13.0 Å². The fourth-order valence-electron chi connectivity index (χ4n) is 0.698. The SMILES string of the molecule is Cc1cc(NC(=O)OCCO)on1.